The topological polar surface area (TPSA) is 29.3 Å². The fourth-order valence-electron chi connectivity index (χ4n) is 3.11. The summed E-state index contributed by atoms with van der Waals surface area (Å²) in [5.74, 6) is 0. The summed E-state index contributed by atoms with van der Waals surface area (Å²) in [4.78, 5) is 2.20. The molecule has 3 rings (SSSR count). The van der Waals surface area contributed by atoms with Crippen molar-refractivity contribution in [3.05, 3.63) is 29.3 Å². The van der Waals surface area contributed by atoms with E-state index in [2.05, 4.69) is 23.1 Å². The summed E-state index contributed by atoms with van der Waals surface area (Å²) >= 11 is 0. The molecule has 0 spiro atoms. The van der Waals surface area contributed by atoms with Crippen LogP contribution in [0, 0.1) is 0 Å². The lowest BCUT2D eigenvalue weighted by Crippen LogP contribution is -2.36. The lowest BCUT2D eigenvalue weighted by atomic mass is 10.0. The zero-order valence-corrected chi connectivity index (χ0v) is 10.0. The fraction of sp³-hybridized carbons (Fsp3) is 0.571. The van der Waals surface area contributed by atoms with Crippen molar-refractivity contribution in [2.45, 2.75) is 37.9 Å². The van der Waals surface area contributed by atoms with E-state index in [0.29, 0.717) is 13.0 Å². The van der Waals surface area contributed by atoms with Crippen LogP contribution in [0.2, 0.25) is 0 Å². The molecule has 2 aliphatic rings. The molecular formula is C14H19FN2. The van der Waals surface area contributed by atoms with E-state index in [4.69, 9.17) is 5.73 Å². The van der Waals surface area contributed by atoms with E-state index in [0.717, 1.165) is 25.8 Å². The van der Waals surface area contributed by atoms with Crippen LogP contribution in [0.4, 0.5) is 10.1 Å². The lowest BCUT2D eigenvalue weighted by molar-refractivity contribution is 0.286. The number of benzene rings is 1. The van der Waals surface area contributed by atoms with Crippen molar-refractivity contribution in [1.29, 1.82) is 0 Å². The highest BCUT2D eigenvalue weighted by Gasteiger charge is 2.26. The Hall–Kier alpha value is -1.09. The van der Waals surface area contributed by atoms with Crippen LogP contribution in [0.25, 0.3) is 0 Å². The highest BCUT2D eigenvalue weighted by Crippen LogP contribution is 2.36. The third-order valence-electron chi connectivity index (χ3n) is 4.00. The molecule has 2 nitrogen and oxygen atoms in total. The number of hydrogen-bond donors (Lipinski definition) is 1. The SMILES string of the molecule is N[C@@H]1CCc2c1cccc2N1CCC[C@@H](F)C1. The molecule has 1 heterocycles. The van der Waals surface area contributed by atoms with E-state index in [1.54, 1.807) is 0 Å². The van der Waals surface area contributed by atoms with Gasteiger partial charge in [-0.3, -0.25) is 0 Å². The van der Waals surface area contributed by atoms with E-state index in [1.165, 1.54) is 16.8 Å². The van der Waals surface area contributed by atoms with Crippen LogP contribution in [-0.2, 0) is 6.42 Å². The standard InChI is InChI=1S/C14H19FN2/c15-10-3-2-8-17(9-10)14-5-1-4-11-12(14)6-7-13(11)16/h1,4-5,10,13H,2-3,6-9,16H2/t10-,13-/m1/s1. The Morgan fingerprint density at radius 2 is 2.18 bits per heavy atom. The average molecular weight is 234 g/mol. The second-order valence-corrected chi connectivity index (χ2v) is 5.18. The summed E-state index contributed by atoms with van der Waals surface area (Å²) in [5.41, 5.74) is 9.92. The predicted molar refractivity (Wildman–Crippen MR) is 68.0 cm³/mol. The number of fused-ring (bicyclic) bond motifs is 1. The minimum atomic E-state index is -0.672. The Labute approximate surface area is 102 Å². The van der Waals surface area contributed by atoms with Gasteiger partial charge < -0.3 is 10.6 Å². The number of nitrogens with two attached hydrogens (primary N) is 1. The third kappa shape index (κ3) is 1.93. The Morgan fingerprint density at radius 1 is 1.29 bits per heavy atom. The molecule has 0 bridgehead atoms. The normalized spacial score (nSPS) is 28.2. The molecule has 0 radical (unpaired) electrons. The number of piperidine rings is 1. The molecule has 92 valence electrons. The van der Waals surface area contributed by atoms with Gasteiger partial charge in [0, 0.05) is 24.8 Å². The van der Waals surface area contributed by atoms with Crippen molar-refractivity contribution >= 4 is 5.69 Å². The number of hydrogen-bond acceptors (Lipinski definition) is 2. The van der Waals surface area contributed by atoms with Crippen LogP contribution in [0.15, 0.2) is 18.2 Å². The van der Waals surface area contributed by atoms with E-state index >= 15 is 0 Å². The summed E-state index contributed by atoms with van der Waals surface area (Å²) < 4.78 is 13.5. The van der Waals surface area contributed by atoms with Crippen molar-refractivity contribution in [3.8, 4) is 0 Å². The zero-order chi connectivity index (χ0) is 11.8. The molecule has 0 unspecified atom stereocenters. The number of anilines is 1. The van der Waals surface area contributed by atoms with E-state index in [-0.39, 0.29) is 6.04 Å². The Bertz CT molecular complexity index is 419. The largest absolute Gasteiger partial charge is 0.368 e. The van der Waals surface area contributed by atoms with Gasteiger partial charge in [-0.15, -0.1) is 0 Å². The lowest BCUT2D eigenvalue weighted by Gasteiger charge is -2.32. The van der Waals surface area contributed by atoms with Gasteiger partial charge in [-0.05, 0) is 42.9 Å². The zero-order valence-electron chi connectivity index (χ0n) is 10.0. The molecule has 3 heteroatoms. The Morgan fingerprint density at radius 3 is 3.00 bits per heavy atom. The summed E-state index contributed by atoms with van der Waals surface area (Å²) in [6.45, 7) is 1.53. The molecule has 1 aromatic carbocycles. The van der Waals surface area contributed by atoms with Gasteiger partial charge in [0.15, 0.2) is 0 Å². The molecule has 1 aliphatic carbocycles. The van der Waals surface area contributed by atoms with Gasteiger partial charge in [0.2, 0.25) is 0 Å². The molecule has 0 saturated carbocycles. The number of nitrogens with zero attached hydrogens (tertiary/aromatic N) is 1. The summed E-state index contributed by atoms with van der Waals surface area (Å²) in [7, 11) is 0. The molecule has 1 saturated heterocycles. The van der Waals surface area contributed by atoms with Crippen LogP contribution in [0.1, 0.15) is 36.4 Å². The molecule has 17 heavy (non-hydrogen) atoms. The van der Waals surface area contributed by atoms with Gasteiger partial charge in [0.05, 0.1) is 0 Å². The van der Waals surface area contributed by atoms with Crippen LogP contribution in [0.5, 0.6) is 0 Å². The van der Waals surface area contributed by atoms with Gasteiger partial charge in [0.25, 0.3) is 0 Å². The molecule has 1 fully saturated rings. The monoisotopic (exact) mass is 234 g/mol. The first-order chi connectivity index (χ1) is 8.25. The summed E-state index contributed by atoms with van der Waals surface area (Å²) in [6.07, 6.45) is 3.07. The van der Waals surface area contributed by atoms with Gasteiger partial charge in [-0.25, -0.2) is 4.39 Å². The fourth-order valence-corrected chi connectivity index (χ4v) is 3.11. The smallest absolute Gasteiger partial charge is 0.118 e. The van der Waals surface area contributed by atoms with E-state index < -0.39 is 6.17 Å². The van der Waals surface area contributed by atoms with E-state index in [9.17, 15) is 4.39 Å². The van der Waals surface area contributed by atoms with Crippen molar-refractivity contribution in [2.75, 3.05) is 18.0 Å². The van der Waals surface area contributed by atoms with Gasteiger partial charge in [-0.1, -0.05) is 12.1 Å². The maximum atomic E-state index is 13.5. The van der Waals surface area contributed by atoms with Crippen molar-refractivity contribution < 1.29 is 4.39 Å². The Kier molecular flexibility index (Phi) is 2.79. The van der Waals surface area contributed by atoms with E-state index in [1.807, 2.05) is 0 Å². The molecule has 1 aromatic rings. The highest BCUT2D eigenvalue weighted by molar-refractivity contribution is 5.59. The maximum absolute atomic E-state index is 13.5. The highest BCUT2D eigenvalue weighted by atomic mass is 19.1. The van der Waals surface area contributed by atoms with Gasteiger partial charge >= 0.3 is 0 Å². The van der Waals surface area contributed by atoms with Crippen LogP contribution >= 0.6 is 0 Å². The third-order valence-corrected chi connectivity index (χ3v) is 4.00. The molecule has 0 aromatic heterocycles. The first-order valence-electron chi connectivity index (χ1n) is 6.52. The summed E-state index contributed by atoms with van der Waals surface area (Å²) in [6, 6.07) is 6.47. The second kappa shape index (κ2) is 4.30. The Balaban J connectivity index is 1.93. The molecule has 0 amide bonds. The van der Waals surface area contributed by atoms with Gasteiger partial charge in [-0.2, -0.15) is 0 Å². The minimum absolute atomic E-state index is 0.177. The predicted octanol–water partition coefficient (Wildman–Crippen LogP) is 2.57. The van der Waals surface area contributed by atoms with Crippen LogP contribution in [-0.4, -0.2) is 19.3 Å². The number of alkyl halides is 1. The van der Waals surface area contributed by atoms with Crippen LogP contribution in [0.3, 0.4) is 0 Å². The molecular weight excluding hydrogens is 215 g/mol. The van der Waals surface area contributed by atoms with Crippen LogP contribution < -0.4 is 10.6 Å². The summed E-state index contributed by atoms with van der Waals surface area (Å²) in [5, 5.41) is 0. The molecule has 2 N–H and O–H groups in total. The molecule has 2 atom stereocenters. The van der Waals surface area contributed by atoms with Crippen molar-refractivity contribution in [3.63, 3.8) is 0 Å². The second-order valence-electron chi connectivity index (χ2n) is 5.18. The minimum Gasteiger partial charge on any atom is -0.368 e. The van der Waals surface area contributed by atoms with Crippen molar-refractivity contribution in [2.24, 2.45) is 5.73 Å². The average Bonchev–Trinajstić information content (AvgIpc) is 2.71. The van der Waals surface area contributed by atoms with Crippen molar-refractivity contribution in [1.82, 2.24) is 0 Å². The van der Waals surface area contributed by atoms with Gasteiger partial charge in [0.1, 0.15) is 6.17 Å². The maximum Gasteiger partial charge on any atom is 0.118 e. The number of halogens is 1. The first kappa shape index (κ1) is 11.0. The number of rotatable bonds is 1. The molecule has 1 aliphatic heterocycles. The first-order valence-corrected chi connectivity index (χ1v) is 6.52. The quantitative estimate of drug-likeness (QED) is 0.809.